The van der Waals surface area contributed by atoms with Crippen LogP contribution in [0.3, 0.4) is 0 Å². The zero-order chi connectivity index (χ0) is 19.3. The van der Waals surface area contributed by atoms with Gasteiger partial charge >= 0.3 is 0 Å². The van der Waals surface area contributed by atoms with Gasteiger partial charge in [0.25, 0.3) is 0 Å². The van der Waals surface area contributed by atoms with Crippen molar-refractivity contribution in [3.05, 3.63) is 72.7 Å². The second kappa shape index (κ2) is 8.86. The fourth-order valence-corrected chi connectivity index (χ4v) is 5.19. The lowest BCUT2D eigenvalue weighted by molar-refractivity contribution is -0.116. The van der Waals surface area contributed by atoms with Gasteiger partial charge in [0.2, 0.25) is 5.91 Å². The summed E-state index contributed by atoms with van der Waals surface area (Å²) in [6, 6.07) is 19.8. The standard InChI is InChI=1S/C21H18N2O2S3/c1-26-17-10-5-11-18-20(17)22-21(28-18)23(13-15-7-6-12-25-15)19(24)14-27-16-8-3-2-4-9-16/h2-12H,13-14H2,1H3. The van der Waals surface area contributed by atoms with Crippen molar-refractivity contribution >= 4 is 56.1 Å². The summed E-state index contributed by atoms with van der Waals surface area (Å²) >= 11 is 4.73. The van der Waals surface area contributed by atoms with Gasteiger partial charge in [0, 0.05) is 9.79 Å². The van der Waals surface area contributed by atoms with Gasteiger partial charge in [0.1, 0.15) is 5.76 Å². The molecule has 2 aromatic heterocycles. The minimum atomic E-state index is 0.00927. The largest absolute Gasteiger partial charge is 0.467 e. The lowest BCUT2D eigenvalue weighted by Gasteiger charge is -2.18. The molecule has 4 aromatic rings. The Hall–Kier alpha value is -2.22. The maximum absolute atomic E-state index is 13.1. The molecule has 4 rings (SSSR count). The average Bonchev–Trinajstić information content (AvgIpc) is 3.40. The molecule has 0 spiro atoms. The van der Waals surface area contributed by atoms with E-state index < -0.39 is 0 Å². The van der Waals surface area contributed by atoms with Crippen LogP contribution in [0, 0.1) is 0 Å². The van der Waals surface area contributed by atoms with Gasteiger partial charge in [-0.05, 0) is 42.7 Å². The molecule has 0 fully saturated rings. The highest BCUT2D eigenvalue weighted by Crippen LogP contribution is 2.35. The average molecular weight is 427 g/mol. The first-order valence-corrected chi connectivity index (χ1v) is 11.7. The maximum atomic E-state index is 13.1. The highest BCUT2D eigenvalue weighted by molar-refractivity contribution is 8.00. The zero-order valence-electron chi connectivity index (χ0n) is 15.2. The number of hydrogen-bond donors (Lipinski definition) is 0. The van der Waals surface area contributed by atoms with Crippen LogP contribution in [0.5, 0.6) is 0 Å². The van der Waals surface area contributed by atoms with Gasteiger partial charge in [-0.3, -0.25) is 9.69 Å². The number of benzene rings is 2. The maximum Gasteiger partial charge on any atom is 0.239 e. The molecule has 28 heavy (non-hydrogen) atoms. The lowest BCUT2D eigenvalue weighted by Crippen LogP contribution is -2.31. The number of thiazole rings is 1. The summed E-state index contributed by atoms with van der Waals surface area (Å²) in [7, 11) is 0. The highest BCUT2D eigenvalue weighted by atomic mass is 32.2. The number of nitrogens with zero attached hydrogens (tertiary/aromatic N) is 2. The molecule has 0 bridgehead atoms. The summed E-state index contributed by atoms with van der Waals surface area (Å²) in [4.78, 5) is 21.8. The topological polar surface area (TPSA) is 46.3 Å². The van der Waals surface area contributed by atoms with Crippen LogP contribution >= 0.6 is 34.9 Å². The molecule has 0 N–H and O–H groups in total. The molecule has 1 amide bonds. The molecular formula is C21H18N2O2S3. The number of aromatic nitrogens is 1. The van der Waals surface area contributed by atoms with Gasteiger partial charge in [-0.25, -0.2) is 4.98 Å². The summed E-state index contributed by atoms with van der Waals surface area (Å²) in [5.41, 5.74) is 0.947. The Morgan fingerprint density at radius 3 is 2.71 bits per heavy atom. The predicted molar refractivity (Wildman–Crippen MR) is 118 cm³/mol. The van der Waals surface area contributed by atoms with Gasteiger partial charge in [-0.2, -0.15) is 0 Å². The Balaban J connectivity index is 1.62. The summed E-state index contributed by atoms with van der Waals surface area (Å²) in [6.45, 7) is 0.371. The Morgan fingerprint density at radius 1 is 1.11 bits per heavy atom. The molecule has 0 aliphatic rings. The molecule has 0 unspecified atom stereocenters. The third kappa shape index (κ3) is 4.27. The Morgan fingerprint density at radius 2 is 1.96 bits per heavy atom. The highest BCUT2D eigenvalue weighted by Gasteiger charge is 2.22. The third-order valence-electron chi connectivity index (χ3n) is 4.12. The first kappa shape index (κ1) is 19.1. The fraction of sp³-hybridized carbons (Fsp3) is 0.143. The van der Waals surface area contributed by atoms with Crippen molar-refractivity contribution in [3.8, 4) is 0 Å². The number of thioether (sulfide) groups is 2. The Kier molecular flexibility index (Phi) is 6.04. The molecule has 0 aliphatic heterocycles. The van der Waals surface area contributed by atoms with Crippen molar-refractivity contribution in [2.75, 3.05) is 16.9 Å². The van der Waals surface area contributed by atoms with Crippen LogP contribution in [0.25, 0.3) is 10.2 Å². The van der Waals surface area contributed by atoms with Crippen molar-refractivity contribution in [3.63, 3.8) is 0 Å². The molecule has 0 aliphatic carbocycles. The summed E-state index contributed by atoms with van der Waals surface area (Å²) in [5.74, 6) is 1.09. The van der Waals surface area contributed by atoms with Crippen LogP contribution in [0.15, 0.2) is 81.1 Å². The summed E-state index contributed by atoms with van der Waals surface area (Å²) in [5, 5.41) is 0.701. The minimum Gasteiger partial charge on any atom is -0.467 e. The second-order valence-corrected chi connectivity index (χ2v) is 8.87. The zero-order valence-corrected chi connectivity index (χ0v) is 17.7. The van der Waals surface area contributed by atoms with E-state index in [1.54, 1.807) is 22.9 Å². The Labute approximate surface area is 176 Å². The number of carbonyl (C=O) groups excluding carboxylic acids is 1. The molecule has 0 radical (unpaired) electrons. The van der Waals surface area contributed by atoms with E-state index in [2.05, 4.69) is 6.07 Å². The van der Waals surface area contributed by atoms with Gasteiger partial charge in [-0.1, -0.05) is 35.6 Å². The van der Waals surface area contributed by atoms with Gasteiger partial charge in [-0.15, -0.1) is 23.5 Å². The van der Waals surface area contributed by atoms with E-state index >= 15 is 0 Å². The summed E-state index contributed by atoms with van der Waals surface area (Å²) < 4.78 is 6.57. The Bertz CT molecular complexity index is 1060. The quantitative estimate of drug-likeness (QED) is 0.342. The van der Waals surface area contributed by atoms with E-state index in [-0.39, 0.29) is 5.91 Å². The smallest absolute Gasteiger partial charge is 0.239 e. The van der Waals surface area contributed by atoms with Crippen molar-refractivity contribution in [2.45, 2.75) is 16.3 Å². The number of rotatable bonds is 7. The van der Waals surface area contributed by atoms with Crippen molar-refractivity contribution in [2.24, 2.45) is 0 Å². The number of furan rings is 1. The van der Waals surface area contributed by atoms with Crippen LogP contribution in [-0.4, -0.2) is 22.9 Å². The number of para-hydroxylation sites is 1. The number of anilines is 1. The lowest BCUT2D eigenvalue weighted by atomic mass is 10.3. The molecule has 0 saturated carbocycles. The van der Waals surface area contributed by atoms with E-state index in [0.29, 0.717) is 17.4 Å². The first-order chi connectivity index (χ1) is 13.7. The van der Waals surface area contributed by atoms with Crippen molar-refractivity contribution < 1.29 is 9.21 Å². The predicted octanol–water partition coefficient (Wildman–Crippen LogP) is 5.94. The minimum absolute atomic E-state index is 0.00927. The molecule has 0 saturated heterocycles. The fourth-order valence-electron chi connectivity index (χ4n) is 2.75. The van der Waals surface area contributed by atoms with E-state index in [0.717, 1.165) is 25.8 Å². The van der Waals surface area contributed by atoms with Crippen LogP contribution in [0.4, 0.5) is 5.13 Å². The van der Waals surface area contributed by atoms with Gasteiger partial charge in [0.05, 0.1) is 28.8 Å². The number of carbonyl (C=O) groups is 1. The number of hydrogen-bond acceptors (Lipinski definition) is 6. The summed E-state index contributed by atoms with van der Waals surface area (Å²) in [6.07, 6.45) is 3.66. The van der Waals surface area contributed by atoms with E-state index in [1.807, 2.05) is 60.9 Å². The molecule has 4 nitrogen and oxygen atoms in total. The second-order valence-electron chi connectivity index (χ2n) is 5.96. The van der Waals surface area contributed by atoms with E-state index in [1.165, 1.54) is 23.1 Å². The van der Waals surface area contributed by atoms with E-state index in [4.69, 9.17) is 9.40 Å². The molecule has 2 aromatic carbocycles. The molecule has 142 valence electrons. The van der Waals surface area contributed by atoms with Crippen LogP contribution in [0.1, 0.15) is 5.76 Å². The van der Waals surface area contributed by atoms with Gasteiger partial charge < -0.3 is 4.42 Å². The normalized spacial score (nSPS) is 11.0. The number of fused-ring (bicyclic) bond motifs is 1. The van der Waals surface area contributed by atoms with Crippen LogP contribution in [-0.2, 0) is 11.3 Å². The monoisotopic (exact) mass is 426 g/mol. The van der Waals surface area contributed by atoms with Crippen molar-refractivity contribution in [1.82, 2.24) is 4.98 Å². The third-order valence-corrected chi connectivity index (χ3v) is 6.93. The van der Waals surface area contributed by atoms with E-state index in [9.17, 15) is 4.79 Å². The van der Waals surface area contributed by atoms with Crippen molar-refractivity contribution in [1.29, 1.82) is 0 Å². The van der Waals surface area contributed by atoms with Crippen LogP contribution in [0.2, 0.25) is 0 Å². The molecule has 7 heteroatoms. The number of amides is 1. The first-order valence-electron chi connectivity index (χ1n) is 8.69. The van der Waals surface area contributed by atoms with Crippen LogP contribution < -0.4 is 4.90 Å². The molecule has 0 atom stereocenters. The van der Waals surface area contributed by atoms with Gasteiger partial charge in [0.15, 0.2) is 5.13 Å². The molecule has 2 heterocycles. The molecular weight excluding hydrogens is 408 g/mol. The SMILES string of the molecule is CSc1cccc2sc(N(Cc3ccco3)C(=O)CSc3ccccc3)nc12.